The standard InChI is InChI=1S/C20H28N2O2/c23-19(14-21-20(24)17-11-12-17)22-18(16-9-5-2-6-10-16)13-15-7-3-1-4-8-15/h2,5-6,9-10,15,17-18H,1,3-4,7-8,11-14H2,(H,21,24)(H,22,23)/t18-/m1/s1. The smallest absolute Gasteiger partial charge is 0.239 e. The molecule has 4 heteroatoms. The van der Waals surface area contributed by atoms with Gasteiger partial charge in [0.1, 0.15) is 0 Å². The molecule has 130 valence electrons. The minimum absolute atomic E-state index is 0.0219. The van der Waals surface area contributed by atoms with E-state index in [2.05, 4.69) is 22.8 Å². The fourth-order valence-corrected chi connectivity index (χ4v) is 3.62. The van der Waals surface area contributed by atoms with Crippen molar-refractivity contribution in [1.29, 1.82) is 0 Å². The Balaban J connectivity index is 1.56. The largest absolute Gasteiger partial charge is 0.348 e. The second kappa shape index (κ2) is 8.32. The molecule has 0 bridgehead atoms. The molecule has 2 amide bonds. The second-order valence-electron chi connectivity index (χ2n) is 7.26. The van der Waals surface area contributed by atoms with Crippen LogP contribution in [-0.4, -0.2) is 18.4 Å². The summed E-state index contributed by atoms with van der Waals surface area (Å²) in [4.78, 5) is 24.0. The number of rotatable bonds is 7. The van der Waals surface area contributed by atoms with Gasteiger partial charge in [-0.3, -0.25) is 9.59 Å². The molecule has 2 fully saturated rings. The van der Waals surface area contributed by atoms with E-state index >= 15 is 0 Å². The predicted molar refractivity (Wildman–Crippen MR) is 94.3 cm³/mol. The normalized spacial score (nSPS) is 19.5. The van der Waals surface area contributed by atoms with Gasteiger partial charge in [0.15, 0.2) is 0 Å². The van der Waals surface area contributed by atoms with Crippen molar-refractivity contribution in [2.75, 3.05) is 6.54 Å². The van der Waals surface area contributed by atoms with Crippen LogP contribution in [0, 0.1) is 11.8 Å². The molecule has 1 aromatic rings. The number of hydrogen-bond donors (Lipinski definition) is 2. The maximum Gasteiger partial charge on any atom is 0.239 e. The average Bonchev–Trinajstić information content (AvgIpc) is 3.46. The minimum Gasteiger partial charge on any atom is -0.348 e. The van der Waals surface area contributed by atoms with Gasteiger partial charge in [-0.05, 0) is 30.7 Å². The fraction of sp³-hybridized carbons (Fsp3) is 0.600. The molecule has 2 saturated carbocycles. The number of nitrogens with one attached hydrogen (secondary N) is 2. The lowest BCUT2D eigenvalue weighted by molar-refractivity contribution is -0.127. The monoisotopic (exact) mass is 328 g/mol. The van der Waals surface area contributed by atoms with Crippen molar-refractivity contribution in [1.82, 2.24) is 10.6 Å². The zero-order chi connectivity index (χ0) is 16.8. The summed E-state index contributed by atoms with van der Waals surface area (Å²) in [6.07, 6.45) is 9.38. The molecule has 2 aliphatic carbocycles. The molecule has 0 aromatic heterocycles. The lowest BCUT2D eigenvalue weighted by Crippen LogP contribution is -2.39. The first-order valence-corrected chi connectivity index (χ1v) is 9.34. The quantitative estimate of drug-likeness (QED) is 0.806. The van der Waals surface area contributed by atoms with Crippen LogP contribution in [0.15, 0.2) is 30.3 Å². The Bertz CT molecular complexity index is 548. The summed E-state index contributed by atoms with van der Waals surface area (Å²) < 4.78 is 0. The van der Waals surface area contributed by atoms with Crippen LogP contribution < -0.4 is 10.6 Å². The highest BCUT2D eigenvalue weighted by molar-refractivity contribution is 5.87. The van der Waals surface area contributed by atoms with Crippen molar-refractivity contribution in [2.24, 2.45) is 11.8 Å². The van der Waals surface area contributed by atoms with Crippen LogP contribution in [0.4, 0.5) is 0 Å². The van der Waals surface area contributed by atoms with Gasteiger partial charge in [-0.15, -0.1) is 0 Å². The molecule has 0 unspecified atom stereocenters. The van der Waals surface area contributed by atoms with Crippen molar-refractivity contribution >= 4 is 11.8 Å². The van der Waals surface area contributed by atoms with Crippen LogP contribution in [0.2, 0.25) is 0 Å². The van der Waals surface area contributed by atoms with E-state index in [9.17, 15) is 9.59 Å². The molecule has 2 aliphatic rings. The van der Waals surface area contributed by atoms with Crippen LogP contribution >= 0.6 is 0 Å². The van der Waals surface area contributed by atoms with E-state index in [4.69, 9.17) is 0 Å². The number of carbonyl (C=O) groups is 2. The number of hydrogen-bond acceptors (Lipinski definition) is 2. The summed E-state index contributed by atoms with van der Waals surface area (Å²) in [7, 11) is 0. The van der Waals surface area contributed by atoms with Gasteiger partial charge in [-0.2, -0.15) is 0 Å². The van der Waals surface area contributed by atoms with Crippen LogP contribution in [-0.2, 0) is 9.59 Å². The van der Waals surface area contributed by atoms with Gasteiger partial charge < -0.3 is 10.6 Å². The third kappa shape index (κ3) is 5.08. The summed E-state index contributed by atoms with van der Waals surface area (Å²) in [5.74, 6) is 0.762. The number of carbonyl (C=O) groups excluding carboxylic acids is 2. The van der Waals surface area contributed by atoms with E-state index in [1.807, 2.05) is 18.2 Å². The van der Waals surface area contributed by atoms with Gasteiger partial charge in [0.05, 0.1) is 12.6 Å². The van der Waals surface area contributed by atoms with Crippen molar-refractivity contribution in [3.05, 3.63) is 35.9 Å². The average molecular weight is 328 g/mol. The van der Waals surface area contributed by atoms with E-state index in [1.165, 1.54) is 32.1 Å². The second-order valence-corrected chi connectivity index (χ2v) is 7.26. The molecule has 1 atom stereocenters. The minimum atomic E-state index is -0.0892. The highest BCUT2D eigenvalue weighted by Crippen LogP contribution is 2.32. The first-order chi connectivity index (χ1) is 11.7. The maximum atomic E-state index is 12.3. The number of benzene rings is 1. The van der Waals surface area contributed by atoms with Crippen LogP contribution in [0.3, 0.4) is 0 Å². The van der Waals surface area contributed by atoms with Crippen molar-refractivity contribution in [3.63, 3.8) is 0 Å². The predicted octanol–water partition coefficient (Wildman–Crippen LogP) is 3.34. The Labute approximate surface area is 144 Å². The van der Waals surface area contributed by atoms with Gasteiger partial charge in [0, 0.05) is 5.92 Å². The summed E-state index contributed by atoms with van der Waals surface area (Å²) in [6.45, 7) is 0.0866. The molecule has 0 spiro atoms. The third-order valence-electron chi connectivity index (χ3n) is 5.20. The molecular weight excluding hydrogens is 300 g/mol. The first-order valence-electron chi connectivity index (χ1n) is 9.34. The lowest BCUT2D eigenvalue weighted by atomic mass is 9.83. The zero-order valence-electron chi connectivity index (χ0n) is 14.3. The molecule has 1 aromatic carbocycles. The van der Waals surface area contributed by atoms with Gasteiger partial charge in [0.25, 0.3) is 0 Å². The van der Waals surface area contributed by atoms with Crippen molar-refractivity contribution in [2.45, 2.75) is 57.4 Å². The van der Waals surface area contributed by atoms with Gasteiger partial charge in [-0.1, -0.05) is 62.4 Å². The Hall–Kier alpha value is -1.84. The van der Waals surface area contributed by atoms with Crippen LogP contribution in [0.25, 0.3) is 0 Å². The Morgan fingerprint density at radius 1 is 1.00 bits per heavy atom. The van der Waals surface area contributed by atoms with E-state index in [0.29, 0.717) is 5.92 Å². The molecule has 0 saturated heterocycles. The molecule has 24 heavy (non-hydrogen) atoms. The topological polar surface area (TPSA) is 58.2 Å². The molecule has 0 radical (unpaired) electrons. The van der Waals surface area contributed by atoms with Gasteiger partial charge in [-0.25, -0.2) is 0 Å². The Kier molecular flexibility index (Phi) is 5.89. The zero-order valence-corrected chi connectivity index (χ0v) is 14.3. The molecule has 4 nitrogen and oxygen atoms in total. The van der Waals surface area contributed by atoms with E-state index < -0.39 is 0 Å². The molecular formula is C20H28N2O2. The molecule has 0 aliphatic heterocycles. The highest BCUT2D eigenvalue weighted by Gasteiger charge is 2.29. The highest BCUT2D eigenvalue weighted by atomic mass is 16.2. The lowest BCUT2D eigenvalue weighted by Gasteiger charge is -2.27. The van der Waals surface area contributed by atoms with Gasteiger partial charge >= 0.3 is 0 Å². The summed E-state index contributed by atoms with van der Waals surface area (Å²) >= 11 is 0. The first kappa shape index (κ1) is 17.0. The number of amides is 2. The van der Waals surface area contributed by atoms with Gasteiger partial charge in [0.2, 0.25) is 11.8 Å². The third-order valence-corrected chi connectivity index (χ3v) is 5.20. The van der Waals surface area contributed by atoms with E-state index in [-0.39, 0.29) is 30.3 Å². The summed E-state index contributed by atoms with van der Waals surface area (Å²) in [5, 5.41) is 5.90. The van der Waals surface area contributed by atoms with Crippen molar-refractivity contribution < 1.29 is 9.59 Å². The van der Waals surface area contributed by atoms with Crippen LogP contribution in [0.1, 0.15) is 63.0 Å². The molecule has 3 rings (SSSR count). The SMILES string of the molecule is O=C(CNC(=O)C1CC1)N[C@H](CC1CCCCC1)c1ccccc1. The van der Waals surface area contributed by atoms with E-state index in [0.717, 1.165) is 24.8 Å². The summed E-state index contributed by atoms with van der Waals surface area (Å²) in [6, 6.07) is 10.2. The maximum absolute atomic E-state index is 12.3. The molecule has 2 N–H and O–H groups in total. The molecule has 0 heterocycles. The fourth-order valence-electron chi connectivity index (χ4n) is 3.62. The Morgan fingerprint density at radius 2 is 1.71 bits per heavy atom. The van der Waals surface area contributed by atoms with E-state index in [1.54, 1.807) is 0 Å². The van der Waals surface area contributed by atoms with Crippen LogP contribution in [0.5, 0.6) is 0 Å². The summed E-state index contributed by atoms with van der Waals surface area (Å²) in [5.41, 5.74) is 1.16. The van der Waals surface area contributed by atoms with Crippen molar-refractivity contribution in [3.8, 4) is 0 Å². The Morgan fingerprint density at radius 3 is 2.38 bits per heavy atom.